The molecule has 7 heteroatoms. The van der Waals surface area contributed by atoms with Crippen molar-refractivity contribution in [1.29, 1.82) is 0 Å². The van der Waals surface area contributed by atoms with Crippen LogP contribution in [-0.4, -0.2) is 20.6 Å². The summed E-state index contributed by atoms with van der Waals surface area (Å²) in [5, 5.41) is 6.24. The van der Waals surface area contributed by atoms with Crippen LogP contribution in [0.2, 0.25) is 0 Å². The molecule has 0 bridgehead atoms. The molecule has 0 atom stereocenters. The second kappa shape index (κ2) is 4.69. The van der Waals surface area contributed by atoms with Crippen LogP contribution >= 0.6 is 0 Å². The zero-order valence-electron chi connectivity index (χ0n) is 10.7. The minimum Gasteiger partial charge on any atom is -0.360 e. The average Bonchev–Trinajstić information content (AvgIpc) is 2.94. The van der Waals surface area contributed by atoms with Gasteiger partial charge in [-0.3, -0.25) is 9.36 Å². The van der Waals surface area contributed by atoms with E-state index in [1.807, 2.05) is 12.1 Å². The van der Waals surface area contributed by atoms with Crippen molar-refractivity contribution in [1.82, 2.24) is 14.7 Å². The zero-order chi connectivity index (χ0) is 14.1. The normalized spacial score (nSPS) is 10.8. The fourth-order valence-electron chi connectivity index (χ4n) is 2.02. The summed E-state index contributed by atoms with van der Waals surface area (Å²) in [6.45, 7) is 1.64. The number of para-hydroxylation sites is 2. The number of imidazole rings is 1. The van der Waals surface area contributed by atoms with E-state index in [0.29, 0.717) is 22.6 Å². The fraction of sp³-hybridized carbons (Fsp3) is 0.154. The van der Waals surface area contributed by atoms with Gasteiger partial charge in [0.15, 0.2) is 5.82 Å². The lowest BCUT2D eigenvalue weighted by Gasteiger charge is -2.03. The Hall–Kier alpha value is -2.83. The van der Waals surface area contributed by atoms with Crippen LogP contribution in [0.25, 0.3) is 11.0 Å². The van der Waals surface area contributed by atoms with Gasteiger partial charge in [-0.1, -0.05) is 17.3 Å². The predicted molar refractivity (Wildman–Crippen MR) is 72.4 cm³/mol. The Labute approximate surface area is 113 Å². The molecule has 0 saturated heterocycles. The predicted octanol–water partition coefficient (Wildman–Crippen LogP) is 1.26. The van der Waals surface area contributed by atoms with Crippen LogP contribution in [0.5, 0.6) is 0 Å². The molecule has 20 heavy (non-hydrogen) atoms. The molecule has 2 heterocycles. The molecular formula is C13H12N4O3. The smallest absolute Gasteiger partial charge is 0.326 e. The third kappa shape index (κ3) is 2.20. The van der Waals surface area contributed by atoms with Gasteiger partial charge in [-0.2, -0.15) is 0 Å². The Bertz CT molecular complexity index is 827. The molecule has 102 valence electrons. The number of benzene rings is 1. The number of rotatable bonds is 3. The summed E-state index contributed by atoms with van der Waals surface area (Å²) in [4.78, 5) is 26.4. The van der Waals surface area contributed by atoms with Crippen molar-refractivity contribution in [2.45, 2.75) is 13.5 Å². The van der Waals surface area contributed by atoms with E-state index in [-0.39, 0.29) is 18.1 Å². The second-order valence-corrected chi connectivity index (χ2v) is 4.40. The second-order valence-electron chi connectivity index (χ2n) is 4.40. The standard InChI is InChI=1S/C13H12N4O3/c1-8-6-11(16-20-8)15-12(18)7-17-10-5-3-2-4-9(10)14-13(17)19/h2-6H,7H2,1H3,(H,14,19)(H,15,16,18). The molecule has 1 aromatic carbocycles. The maximum Gasteiger partial charge on any atom is 0.326 e. The highest BCUT2D eigenvalue weighted by molar-refractivity contribution is 5.90. The lowest BCUT2D eigenvalue weighted by atomic mass is 10.3. The number of aryl methyl sites for hydroxylation is 1. The highest BCUT2D eigenvalue weighted by Crippen LogP contribution is 2.10. The number of amides is 1. The average molecular weight is 272 g/mol. The van der Waals surface area contributed by atoms with Gasteiger partial charge >= 0.3 is 5.69 Å². The van der Waals surface area contributed by atoms with Gasteiger partial charge in [-0.05, 0) is 19.1 Å². The van der Waals surface area contributed by atoms with Crippen LogP contribution in [0.15, 0.2) is 39.6 Å². The van der Waals surface area contributed by atoms with Gasteiger partial charge in [0.2, 0.25) is 5.91 Å². The largest absolute Gasteiger partial charge is 0.360 e. The topological polar surface area (TPSA) is 92.9 Å². The van der Waals surface area contributed by atoms with Crippen molar-refractivity contribution in [2.24, 2.45) is 0 Å². The number of nitrogens with zero attached hydrogens (tertiary/aromatic N) is 2. The number of carbonyl (C=O) groups excluding carboxylic acids is 1. The first-order valence-corrected chi connectivity index (χ1v) is 6.04. The number of hydrogen-bond acceptors (Lipinski definition) is 4. The lowest BCUT2D eigenvalue weighted by Crippen LogP contribution is -2.25. The van der Waals surface area contributed by atoms with E-state index in [4.69, 9.17) is 4.52 Å². The molecule has 3 aromatic rings. The highest BCUT2D eigenvalue weighted by atomic mass is 16.5. The molecule has 3 rings (SSSR count). The number of hydrogen-bond donors (Lipinski definition) is 2. The zero-order valence-corrected chi connectivity index (χ0v) is 10.7. The number of fused-ring (bicyclic) bond motifs is 1. The van der Waals surface area contributed by atoms with E-state index >= 15 is 0 Å². The van der Waals surface area contributed by atoms with E-state index in [9.17, 15) is 9.59 Å². The summed E-state index contributed by atoms with van der Waals surface area (Å²) in [6, 6.07) is 8.80. The van der Waals surface area contributed by atoms with Gasteiger partial charge in [-0.15, -0.1) is 0 Å². The number of carbonyl (C=O) groups is 1. The monoisotopic (exact) mass is 272 g/mol. The Morgan fingerprint density at radius 1 is 1.45 bits per heavy atom. The van der Waals surface area contributed by atoms with Crippen molar-refractivity contribution >= 4 is 22.8 Å². The van der Waals surface area contributed by atoms with Crippen LogP contribution in [0.1, 0.15) is 5.76 Å². The van der Waals surface area contributed by atoms with E-state index in [1.54, 1.807) is 25.1 Å². The van der Waals surface area contributed by atoms with E-state index < -0.39 is 0 Å². The molecule has 0 aliphatic rings. The summed E-state index contributed by atoms with van der Waals surface area (Å²) in [5.74, 6) is 0.593. The van der Waals surface area contributed by atoms with Crippen LogP contribution in [-0.2, 0) is 11.3 Å². The maximum atomic E-state index is 11.9. The molecule has 0 aliphatic carbocycles. The molecule has 0 fully saturated rings. The lowest BCUT2D eigenvalue weighted by molar-refractivity contribution is -0.116. The highest BCUT2D eigenvalue weighted by Gasteiger charge is 2.11. The van der Waals surface area contributed by atoms with Crippen LogP contribution in [0.3, 0.4) is 0 Å². The molecule has 0 saturated carbocycles. The molecule has 0 spiro atoms. The number of aromatic amines is 1. The number of H-pyrrole nitrogens is 1. The molecule has 7 nitrogen and oxygen atoms in total. The van der Waals surface area contributed by atoms with E-state index in [2.05, 4.69) is 15.5 Å². The number of nitrogens with one attached hydrogen (secondary N) is 2. The van der Waals surface area contributed by atoms with Crippen molar-refractivity contribution in [3.05, 3.63) is 46.6 Å². The molecule has 2 N–H and O–H groups in total. The Morgan fingerprint density at radius 3 is 3.00 bits per heavy atom. The summed E-state index contributed by atoms with van der Waals surface area (Å²) < 4.78 is 6.23. The summed E-state index contributed by atoms with van der Waals surface area (Å²) in [6.07, 6.45) is 0. The van der Waals surface area contributed by atoms with Gasteiger partial charge < -0.3 is 14.8 Å². The molecule has 0 aliphatic heterocycles. The molecule has 1 amide bonds. The van der Waals surface area contributed by atoms with Crippen LogP contribution in [0, 0.1) is 6.92 Å². The third-order valence-corrected chi connectivity index (χ3v) is 2.88. The summed E-state index contributed by atoms with van der Waals surface area (Å²) in [5.41, 5.74) is 1.06. The first-order chi connectivity index (χ1) is 9.63. The van der Waals surface area contributed by atoms with Gasteiger partial charge in [0.05, 0.1) is 11.0 Å². The van der Waals surface area contributed by atoms with Gasteiger partial charge in [0.25, 0.3) is 0 Å². The van der Waals surface area contributed by atoms with Crippen molar-refractivity contribution in [2.75, 3.05) is 5.32 Å². The molecule has 2 aromatic heterocycles. The van der Waals surface area contributed by atoms with Crippen molar-refractivity contribution < 1.29 is 9.32 Å². The summed E-state index contributed by atoms with van der Waals surface area (Å²) >= 11 is 0. The fourth-order valence-corrected chi connectivity index (χ4v) is 2.02. The quantitative estimate of drug-likeness (QED) is 0.750. The van der Waals surface area contributed by atoms with Crippen LogP contribution in [0.4, 0.5) is 5.82 Å². The minimum absolute atomic E-state index is 0.0885. The Morgan fingerprint density at radius 2 is 2.25 bits per heavy atom. The minimum atomic E-state index is -0.342. The number of aromatic nitrogens is 3. The number of anilines is 1. The van der Waals surface area contributed by atoms with Gasteiger partial charge in [0.1, 0.15) is 12.3 Å². The van der Waals surface area contributed by atoms with Crippen molar-refractivity contribution in [3.8, 4) is 0 Å². The Kier molecular flexibility index (Phi) is 2.86. The molecular weight excluding hydrogens is 260 g/mol. The first-order valence-electron chi connectivity index (χ1n) is 6.04. The van der Waals surface area contributed by atoms with Crippen molar-refractivity contribution in [3.63, 3.8) is 0 Å². The summed E-state index contributed by atoms with van der Waals surface area (Å²) in [7, 11) is 0. The third-order valence-electron chi connectivity index (χ3n) is 2.88. The van der Waals surface area contributed by atoms with E-state index in [0.717, 1.165) is 0 Å². The first kappa shape index (κ1) is 12.2. The SMILES string of the molecule is Cc1cc(NC(=O)Cn2c(=O)[nH]c3ccccc32)no1. The van der Waals surface area contributed by atoms with Crippen LogP contribution < -0.4 is 11.0 Å². The van der Waals surface area contributed by atoms with Gasteiger partial charge in [0, 0.05) is 6.07 Å². The molecule has 0 radical (unpaired) electrons. The molecule has 0 unspecified atom stereocenters. The van der Waals surface area contributed by atoms with E-state index in [1.165, 1.54) is 4.57 Å². The maximum absolute atomic E-state index is 11.9. The van der Waals surface area contributed by atoms with Gasteiger partial charge in [-0.25, -0.2) is 4.79 Å². The Balaban J connectivity index is 1.84.